The molecular weight excluding hydrogens is 398 g/mol. The fourth-order valence-corrected chi connectivity index (χ4v) is 4.48. The summed E-state index contributed by atoms with van der Waals surface area (Å²) < 4.78 is 12.5. The van der Waals surface area contributed by atoms with Gasteiger partial charge in [-0.3, -0.25) is 19.1 Å². The summed E-state index contributed by atoms with van der Waals surface area (Å²) in [4.78, 5) is 32.0. The SMILES string of the molecule is Cc1cc(-n2c(C)cc(C(=O)N3CCN(C(C)C(=O)N4CCOCC4)CC3)c2C)no1. The van der Waals surface area contributed by atoms with Gasteiger partial charge in [0.1, 0.15) is 5.76 Å². The number of rotatable bonds is 4. The van der Waals surface area contributed by atoms with E-state index in [2.05, 4.69) is 10.1 Å². The average molecular weight is 430 g/mol. The van der Waals surface area contributed by atoms with Gasteiger partial charge in [-0.2, -0.15) is 0 Å². The molecule has 4 heterocycles. The molecule has 0 bridgehead atoms. The molecule has 2 saturated heterocycles. The maximum Gasteiger partial charge on any atom is 0.255 e. The molecule has 2 amide bonds. The highest BCUT2D eigenvalue weighted by atomic mass is 16.5. The van der Waals surface area contributed by atoms with Gasteiger partial charge in [0.2, 0.25) is 5.91 Å². The van der Waals surface area contributed by atoms with Crippen molar-refractivity contribution in [2.75, 3.05) is 52.5 Å². The van der Waals surface area contributed by atoms with E-state index >= 15 is 0 Å². The fraction of sp³-hybridized carbons (Fsp3) is 0.591. The number of amides is 2. The first-order chi connectivity index (χ1) is 14.9. The second-order valence-corrected chi connectivity index (χ2v) is 8.36. The van der Waals surface area contributed by atoms with Gasteiger partial charge in [-0.05, 0) is 33.8 Å². The second kappa shape index (κ2) is 8.84. The summed E-state index contributed by atoms with van der Waals surface area (Å²) in [5, 5.41) is 4.09. The first-order valence-corrected chi connectivity index (χ1v) is 10.9. The third-order valence-corrected chi connectivity index (χ3v) is 6.34. The van der Waals surface area contributed by atoms with Crippen LogP contribution in [0.25, 0.3) is 5.82 Å². The summed E-state index contributed by atoms with van der Waals surface area (Å²) in [5.74, 6) is 1.58. The summed E-state index contributed by atoms with van der Waals surface area (Å²) in [5.41, 5.74) is 2.48. The summed E-state index contributed by atoms with van der Waals surface area (Å²) in [6.07, 6.45) is 0. The van der Waals surface area contributed by atoms with E-state index in [0.717, 1.165) is 17.1 Å². The first kappa shape index (κ1) is 21.6. The molecule has 0 N–H and O–H groups in total. The Morgan fingerprint density at radius 1 is 0.968 bits per heavy atom. The summed E-state index contributed by atoms with van der Waals surface area (Å²) in [7, 11) is 0. The number of aromatic nitrogens is 2. The van der Waals surface area contributed by atoms with Crippen LogP contribution in [-0.4, -0.2) is 94.8 Å². The lowest BCUT2D eigenvalue weighted by molar-refractivity contribution is -0.141. The molecule has 0 saturated carbocycles. The zero-order valence-corrected chi connectivity index (χ0v) is 18.8. The van der Waals surface area contributed by atoms with Crippen LogP contribution in [0.1, 0.15) is 34.4 Å². The minimum Gasteiger partial charge on any atom is -0.378 e. The van der Waals surface area contributed by atoms with Gasteiger partial charge in [-0.25, -0.2) is 0 Å². The topological polar surface area (TPSA) is 84.1 Å². The summed E-state index contributed by atoms with van der Waals surface area (Å²) in [6.45, 7) is 12.8. The Balaban J connectivity index is 1.40. The lowest BCUT2D eigenvalue weighted by Gasteiger charge is -2.39. The molecule has 0 spiro atoms. The Bertz CT molecular complexity index is 951. The van der Waals surface area contributed by atoms with Crippen molar-refractivity contribution in [1.29, 1.82) is 0 Å². The van der Waals surface area contributed by atoms with E-state index < -0.39 is 0 Å². The maximum atomic E-state index is 13.2. The minimum absolute atomic E-state index is 0.0198. The van der Waals surface area contributed by atoms with Gasteiger partial charge in [0.25, 0.3) is 5.91 Å². The smallest absolute Gasteiger partial charge is 0.255 e. The number of hydrogen-bond acceptors (Lipinski definition) is 6. The van der Waals surface area contributed by atoms with Crippen LogP contribution in [0, 0.1) is 20.8 Å². The van der Waals surface area contributed by atoms with E-state index in [0.29, 0.717) is 63.9 Å². The second-order valence-electron chi connectivity index (χ2n) is 8.36. The number of nitrogens with zero attached hydrogens (tertiary/aromatic N) is 5. The minimum atomic E-state index is -0.184. The van der Waals surface area contributed by atoms with Crippen LogP contribution in [0.3, 0.4) is 0 Å². The lowest BCUT2D eigenvalue weighted by atomic mass is 10.1. The molecule has 0 radical (unpaired) electrons. The molecule has 9 nitrogen and oxygen atoms in total. The van der Waals surface area contributed by atoms with Gasteiger partial charge < -0.3 is 19.1 Å². The third kappa shape index (κ3) is 4.24. The molecule has 4 rings (SSSR count). The van der Waals surface area contributed by atoms with E-state index in [1.807, 2.05) is 54.2 Å². The van der Waals surface area contributed by atoms with E-state index in [-0.39, 0.29) is 17.9 Å². The highest BCUT2D eigenvalue weighted by Gasteiger charge is 2.31. The first-order valence-electron chi connectivity index (χ1n) is 10.9. The van der Waals surface area contributed by atoms with E-state index in [9.17, 15) is 9.59 Å². The predicted octanol–water partition coefficient (Wildman–Crippen LogP) is 1.40. The van der Waals surface area contributed by atoms with Crippen LogP contribution < -0.4 is 0 Å². The maximum absolute atomic E-state index is 13.2. The standard InChI is InChI=1S/C22H31N5O4/c1-15-13-19(17(3)27(15)20-14-16(2)31-23-20)22(29)25-7-5-24(6-8-25)18(4)21(28)26-9-11-30-12-10-26/h13-14,18H,5-12H2,1-4H3. The van der Waals surface area contributed by atoms with E-state index in [4.69, 9.17) is 9.26 Å². The average Bonchev–Trinajstić information content (AvgIpc) is 3.34. The molecule has 0 aliphatic carbocycles. The Labute approximate surface area is 182 Å². The van der Waals surface area contributed by atoms with Crippen molar-refractivity contribution in [2.45, 2.75) is 33.7 Å². The van der Waals surface area contributed by atoms with Crippen LogP contribution in [0.2, 0.25) is 0 Å². The van der Waals surface area contributed by atoms with Crippen molar-refractivity contribution in [3.63, 3.8) is 0 Å². The number of piperazine rings is 1. The van der Waals surface area contributed by atoms with Gasteiger partial charge in [0.15, 0.2) is 5.82 Å². The van der Waals surface area contributed by atoms with Crippen LogP contribution in [0.4, 0.5) is 0 Å². The van der Waals surface area contributed by atoms with Gasteiger partial charge in [0, 0.05) is 56.7 Å². The molecule has 31 heavy (non-hydrogen) atoms. The monoisotopic (exact) mass is 429 g/mol. The normalized spacial score (nSPS) is 19.0. The molecule has 168 valence electrons. The van der Waals surface area contributed by atoms with Crippen molar-refractivity contribution in [3.05, 3.63) is 34.8 Å². The van der Waals surface area contributed by atoms with Crippen LogP contribution in [0.5, 0.6) is 0 Å². The van der Waals surface area contributed by atoms with Crippen molar-refractivity contribution in [2.24, 2.45) is 0 Å². The predicted molar refractivity (Wildman–Crippen MR) is 114 cm³/mol. The van der Waals surface area contributed by atoms with Crippen LogP contribution in [-0.2, 0) is 9.53 Å². The molecule has 2 aliphatic heterocycles. The number of hydrogen-bond donors (Lipinski definition) is 0. The van der Waals surface area contributed by atoms with Crippen molar-refractivity contribution in [3.8, 4) is 5.82 Å². The Kier molecular flexibility index (Phi) is 6.15. The van der Waals surface area contributed by atoms with Gasteiger partial charge in [0.05, 0.1) is 24.8 Å². The number of carbonyl (C=O) groups is 2. The van der Waals surface area contributed by atoms with Crippen LogP contribution in [0.15, 0.2) is 16.7 Å². The quantitative estimate of drug-likeness (QED) is 0.731. The fourth-order valence-electron chi connectivity index (χ4n) is 4.48. The molecule has 2 aliphatic rings. The Hall–Kier alpha value is -2.65. The van der Waals surface area contributed by atoms with Gasteiger partial charge >= 0.3 is 0 Å². The molecule has 2 aromatic heterocycles. The Morgan fingerprint density at radius 2 is 1.65 bits per heavy atom. The molecule has 2 fully saturated rings. The zero-order chi connectivity index (χ0) is 22.1. The molecule has 2 aromatic rings. The largest absolute Gasteiger partial charge is 0.378 e. The molecule has 9 heteroatoms. The van der Waals surface area contributed by atoms with E-state index in [1.54, 1.807) is 0 Å². The molecule has 1 unspecified atom stereocenters. The number of carbonyl (C=O) groups excluding carboxylic acids is 2. The van der Waals surface area contributed by atoms with Gasteiger partial charge in [-0.15, -0.1) is 0 Å². The van der Waals surface area contributed by atoms with Gasteiger partial charge in [-0.1, -0.05) is 5.16 Å². The zero-order valence-electron chi connectivity index (χ0n) is 18.8. The van der Waals surface area contributed by atoms with Crippen molar-refractivity contribution < 1.29 is 18.8 Å². The number of ether oxygens (including phenoxy) is 1. The van der Waals surface area contributed by atoms with Crippen molar-refractivity contribution in [1.82, 2.24) is 24.4 Å². The number of morpholine rings is 1. The Morgan fingerprint density at radius 3 is 2.26 bits per heavy atom. The lowest BCUT2D eigenvalue weighted by Crippen LogP contribution is -2.56. The molecular formula is C22H31N5O4. The summed E-state index contributed by atoms with van der Waals surface area (Å²) >= 11 is 0. The molecule has 0 aromatic carbocycles. The highest BCUT2D eigenvalue weighted by Crippen LogP contribution is 2.23. The van der Waals surface area contributed by atoms with Crippen molar-refractivity contribution >= 4 is 11.8 Å². The highest BCUT2D eigenvalue weighted by molar-refractivity contribution is 5.96. The summed E-state index contributed by atoms with van der Waals surface area (Å²) in [6, 6.07) is 3.59. The molecule has 1 atom stereocenters. The third-order valence-electron chi connectivity index (χ3n) is 6.34. The van der Waals surface area contributed by atoms with E-state index in [1.165, 1.54) is 0 Å². The van der Waals surface area contributed by atoms with Crippen LogP contribution >= 0.6 is 0 Å². The number of aryl methyl sites for hydroxylation is 2.